The fraction of sp³-hybridized carbons (Fsp3) is 0.600. The van der Waals surface area contributed by atoms with Crippen LogP contribution in [0.3, 0.4) is 0 Å². The molecule has 4 nitrogen and oxygen atoms in total. The summed E-state index contributed by atoms with van der Waals surface area (Å²) >= 11 is 0. The Kier molecular flexibility index (Phi) is 11.2. The maximum absolute atomic E-state index is 5.52. The fourth-order valence-electron chi connectivity index (χ4n) is 5.22. The van der Waals surface area contributed by atoms with Crippen LogP contribution < -0.4 is 0 Å². The van der Waals surface area contributed by atoms with Gasteiger partial charge in [0.25, 0.3) is 0 Å². The molecule has 2 aromatic rings. The monoisotopic (exact) mass is 470 g/mol. The molecule has 0 fully saturated rings. The van der Waals surface area contributed by atoms with Crippen LogP contribution in [-0.4, -0.2) is 54.9 Å². The second-order valence-corrected chi connectivity index (χ2v) is 10.4. The quantitative estimate of drug-likeness (QED) is 0.350. The molecule has 0 radical (unpaired) electrons. The molecule has 0 aliphatic heterocycles. The second kappa shape index (κ2) is 13.4. The Morgan fingerprint density at radius 1 is 0.676 bits per heavy atom. The lowest BCUT2D eigenvalue weighted by atomic mass is 9.74. The van der Waals surface area contributed by atoms with Gasteiger partial charge in [0.1, 0.15) is 0 Å². The van der Waals surface area contributed by atoms with Crippen LogP contribution in [-0.2, 0) is 24.4 Å². The predicted molar refractivity (Wildman–Crippen MR) is 142 cm³/mol. The second-order valence-electron chi connectivity index (χ2n) is 10.4. The molecule has 0 unspecified atom stereocenters. The van der Waals surface area contributed by atoms with E-state index in [1.54, 1.807) is 28.4 Å². The standard InChI is InChI=1S/C17H18O2.C13H28O2/c1-18-11-17(12-19-2)15-9-5-3-7-13(15)14-8-4-6-10-16(14)17;1-11(2)7-8-13(9-14-5,10-15-6)12(3)4/h3-10H,11-12H2,1-2H3;11-12H,7-10H2,1-6H3. The summed E-state index contributed by atoms with van der Waals surface area (Å²) in [6.07, 6.45) is 2.43. The highest BCUT2D eigenvalue weighted by Crippen LogP contribution is 2.49. The van der Waals surface area contributed by atoms with E-state index in [0.29, 0.717) is 19.1 Å². The summed E-state index contributed by atoms with van der Waals surface area (Å²) in [5.74, 6) is 1.34. The van der Waals surface area contributed by atoms with E-state index in [0.717, 1.165) is 19.1 Å². The van der Waals surface area contributed by atoms with Crippen molar-refractivity contribution in [1.82, 2.24) is 0 Å². The first kappa shape index (κ1) is 28.5. The summed E-state index contributed by atoms with van der Waals surface area (Å²) in [5.41, 5.74) is 5.21. The zero-order valence-electron chi connectivity index (χ0n) is 22.6. The van der Waals surface area contributed by atoms with E-state index < -0.39 is 0 Å². The summed E-state index contributed by atoms with van der Waals surface area (Å²) in [6, 6.07) is 17.1. The van der Waals surface area contributed by atoms with Gasteiger partial charge in [-0.2, -0.15) is 0 Å². The van der Waals surface area contributed by atoms with Crippen molar-refractivity contribution in [2.75, 3.05) is 54.9 Å². The van der Waals surface area contributed by atoms with Crippen molar-refractivity contribution >= 4 is 0 Å². The average molecular weight is 471 g/mol. The lowest BCUT2D eigenvalue weighted by Gasteiger charge is -2.37. The smallest absolute Gasteiger partial charge is 0.0681 e. The largest absolute Gasteiger partial charge is 0.384 e. The van der Waals surface area contributed by atoms with Crippen molar-refractivity contribution < 1.29 is 18.9 Å². The van der Waals surface area contributed by atoms with E-state index in [-0.39, 0.29) is 10.8 Å². The van der Waals surface area contributed by atoms with Gasteiger partial charge < -0.3 is 18.9 Å². The van der Waals surface area contributed by atoms with Gasteiger partial charge in [0, 0.05) is 33.9 Å². The van der Waals surface area contributed by atoms with Crippen molar-refractivity contribution in [3.63, 3.8) is 0 Å². The number of hydrogen-bond acceptors (Lipinski definition) is 4. The predicted octanol–water partition coefficient (Wildman–Crippen LogP) is 6.60. The molecular formula is C30H46O4. The molecule has 0 spiro atoms. The van der Waals surface area contributed by atoms with Crippen LogP contribution >= 0.6 is 0 Å². The van der Waals surface area contributed by atoms with E-state index >= 15 is 0 Å². The first-order valence-electron chi connectivity index (χ1n) is 12.5. The molecule has 0 amide bonds. The normalized spacial score (nSPS) is 14.1. The van der Waals surface area contributed by atoms with E-state index in [2.05, 4.69) is 76.2 Å². The van der Waals surface area contributed by atoms with Crippen LogP contribution in [0.25, 0.3) is 11.1 Å². The first-order chi connectivity index (χ1) is 16.3. The van der Waals surface area contributed by atoms with Gasteiger partial charge in [0.2, 0.25) is 0 Å². The molecule has 34 heavy (non-hydrogen) atoms. The summed E-state index contributed by atoms with van der Waals surface area (Å²) in [7, 11) is 7.06. The summed E-state index contributed by atoms with van der Waals surface area (Å²) in [5, 5.41) is 0. The average Bonchev–Trinajstić information content (AvgIpc) is 3.09. The Morgan fingerprint density at radius 2 is 1.12 bits per heavy atom. The minimum absolute atomic E-state index is 0.184. The molecule has 190 valence electrons. The van der Waals surface area contributed by atoms with Gasteiger partial charge >= 0.3 is 0 Å². The Bertz CT molecular complexity index is 799. The molecule has 0 N–H and O–H groups in total. The Hall–Kier alpha value is -1.72. The summed E-state index contributed by atoms with van der Waals surface area (Å²) in [4.78, 5) is 0. The van der Waals surface area contributed by atoms with E-state index in [1.165, 1.54) is 35.1 Å². The van der Waals surface area contributed by atoms with Gasteiger partial charge in [-0.25, -0.2) is 0 Å². The third-order valence-electron chi connectivity index (χ3n) is 7.26. The number of methoxy groups -OCH3 is 4. The Morgan fingerprint density at radius 3 is 1.47 bits per heavy atom. The molecule has 0 saturated carbocycles. The molecule has 0 heterocycles. The van der Waals surface area contributed by atoms with Crippen molar-refractivity contribution in [2.24, 2.45) is 17.3 Å². The molecule has 0 atom stereocenters. The zero-order valence-corrected chi connectivity index (χ0v) is 22.6. The Labute approximate surface area is 208 Å². The molecule has 1 aliphatic carbocycles. The maximum Gasteiger partial charge on any atom is 0.0681 e. The summed E-state index contributed by atoms with van der Waals surface area (Å²) in [6.45, 7) is 11.9. The van der Waals surface area contributed by atoms with E-state index in [4.69, 9.17) is 18.9 Å². The molecule has 1 aliphatic rings. The SMILES string of the molecule is COCC(CCC(C)C)(COC)C(C)C.COCC1(COC)c2ccccc2-c2ccccc21. The van der Waals surface area contributed by atoms with Gasteiger partial charge in [-0.3, -0.25) is 0 Å². The minimum atomic E-state index is -0.184. The lowest BCUT2D eigenvalue weighted by molar-refractivity contribution is -0.0290. The molecule has 0 aromatic heterocycles. The number of rotatable bonds is 12. The highest BCUT2D eigenvalue weighted by Gasteiger charge is 2.43. The number of fused-ring (bicyclic) bond motifs is 3. The number of ether oxygens (including phenoxy) is 4. The zero-order chi connectivity index (χ0) is 25.2. The molecule has 2 aromatic carbocycles. The molecule has 4 heteroatoms. The topological polar surface area (TPSA) is 36.9 Å². The third-order valence-corrected chi connectivity index (χ3v) is 7.26. The van der Waals surface area contributed by atoms with Gasteiger partial charge in [0.15, 0.2) is 0 Å². The Balaban J connectivity index is 0.000000249. The minimum Gasteiger partial charge on any atom is -0.384 e. The highest BCUT2D eigenvalue weighted by molar-refractivity contribution is 5.81. The van der Waals surface area contributed by atoms with Crippen molar-refractivity contribution in [3.05, 3.63) is 59.7 Å². The highest BCUT2D eigenvalue weighted by atomic mass is 16.5. The van der Waals surface area contributed by atoms with Gasteiger partial charge in [0.05, 0.1) is 31.8 Å². The lowest BCUT2D eigenvalue weighted by Crippen LogP contribution is -2.37. The van der Waals surface area contributed by atoms with Gasteiger partial charge in [-0.15, -0.1) is 0 Å². The fourth-order valence-corrected chi connectivity index (χ4v) is 5.22. The van der Waals surface area contributed by atoms with Crippen LogP contribution in [0.2, 0.25) is 0 Å². The number of hydrogen-bond donors (Lipinski definition) is 0. The summed E-state index contributed by atoms with van der Waals surface area (Å²) < 4.78 is 21.8. The third kappa shape index (κ3) is 6.28. The van der Waals surface area contributed by atoms with Crippen LogP contribution in [0, 0.1) is 17.3 Å². The van der Waals surface area contributed by atoms with Crippen LogP contribution in [0.4, 0.5) is 0 Å². The molecule has 3 rings (SSSR count). The molecule has 0 saturated heterocycles. The molecular weight excluding hydrogens is 424 g/mol. The van der Waals surface area contributed by atoms with Gasteiger partial charge in [-0.1, -0.05) is 82.6 Å². The van der Waals surface area contributed by atoms with Crippen LogP contribution in [0.15, 0.2) is 48.5 Å². The first-order valence-corrected chi connectivity index (χ1v) is 12.5. The van der Waals surface area contributed by atoms with Crippen LogP contribution in [0.5, 0.6) is 0 Å². The van der Waals surface area contributed by atoms with Crippen molar-refractivity contribution in [3.8, 4) is 11.1 Å². The van der Waals surface area contributed by atoms with Crippen LogP contribution in [0.1, 0.15) is 51.7 Å². The van der Waals surface area contributed by atoms with Crippen molar-refractivity contribution in [1.29, 1.82) is 0 Å². The molecule has 0 bridgehead atoms. The maximum atomic E-state index is 5.52. The van der Waals surface area contributed by atoms with Gasteiger partial charge in [-0.05, 0) is 40.5 Å². The van der Waals surface area contributed by atoms with E-state index in [1.807, 2.05) is 0 Å². The number of benzene rings is 2. The van der Waals surface area contributed by atoms with E-state index in [9.17, 15) is 0 Å². The van der Waals surface area contributed by atoms with Crippen molar-refractivity contribution in [2.45, 2.75) is 46.0 Å².